The highest BCUT2D eigenvalue weighted by atomic mass is 16.2. The smallest absolute Gasteiger partial charge is 0.223 e. The fraction of sp³-hybridized carbons (Fsp3) is 0.385. The summed E-state index contributed by atoms with van der Waals surface area (Å²) in [6.45, 7) is 0.545. The third-order valence-electron chi connectivity index (χ3n) is 2.96. The second-order valence-electron chi connectivity index (χ2n) is 4.10. The standard InChI is InChI=1S/C13H15NO2/c15-10-12-7-4-8-13(16)14(12)9-11-5-2-1-3-6-11/h1-3,5-6,10,12H,4,7-9H2. The van der Waals surface area contributed by atoms with Crippen molar-refractivity contribution in [3.63, 3.8) is 0 Å². The molecule has 1 atom stereocenters. The molecule has 1 aromatic carbocycles. The largest absolute Gasteiger partial charge is 0.329 e. The van der Waals surface area contributed by atoms with E-state index in [1.807, 2.05) is 30.3 Å². The summed E-state index contributed by atoms with van der Waals surface area (Å²) in [5, 5.41) is 0. The number of carbonyl (C=O) groups excluding carboxylic acids is 2. The summed E-state index contributed by atoms with van der Waals surface area (Å²) in [7, 11) is 0. The van der Waals surface area contributed by atoms with Crippen molar-refractivity contribution in [1.82, 2.24) is 4.90 Å². The molecule has 1 aliphatic heterocycles. The molecule has 0 bridgehead atoms. The Morgan fingerprint density at radius 2 is 2.06 bits per heavy atom. The lowest BCUT2D eigenvalue weighted by Gasteiger charge is -2.32. The Morgan fingerprint density at radius 1 is 1.31 bits per heavy atom. The molecule has 3 nitrogen and oxygen atoms in total. The molecule has 3 heteroatoms. The van der Waals surface area contributed by atoms with Crippen molar-refractivity contribution in [1.29, 1.82) is 0 Å². The molecule has 1 aromatic rings. The molecule has 1 aliphatic rings. The number of rotatable bonds is 3. The molecule has 1 fully saturated rings. The second kappa shape index (κ2) is 4.92. The zero-order chi connectivity index (χ0) is 11.4. The molecule has 0 saturated carbocycles. The Balaban J connectivity index is 2.11. The number of nitrogens with zero attached hydrogens (tertiary/aromatic N) is 1. The number of hydrogen-bond donors (Lipinski definition) is 0. The molecule has 1 saturated heterocycles. The Labute approximate surface area is 95.1 Å². The van der Waals surface area contributed by atoms with Crippen LogP contribution >= 0.6 is 0 Å². The lowest BCUT2D eigenvalue weighted by atomic mass is 10.0. The van der Waals surface area contributed by atoms with Crippen LogP contribution in [0.5, 0.6) is 0 Å². The summed E-state index contributed by atoms with van der Waals surface area (Å²) in [4.78, 5) is 24.3. The Morgan fingerprint density at radius 3 is 2.75 bits per heavy atom. The summed E-state index contributed by atoms with van der Waals surface area (Å²) in [5.74, 6) is 0.0900. The lowest BCUT2D eigenvalue weighted by molar-refractivity contribution is -0.140. The van der Waals surface area contributed by atoms with Gasteiger partial charge in [-0.25, -0.2) is 0 Å². The quantitative estimate of drug-likeness (QED) is 0.723. The van der Waals surface area contributed by atoms with Gasteiger partial charge in [-0.15, -0.1) is 0 Å². The van der Waals surface area contributed by atoms with E-state index in [0.29, 0.717) is 13.0 Å². The first kappa shape index (κ1) is 10.9. The zero-order valence-corrected chi connectivity index (χ0v) is 9.13. The Kier molecular flexibility index (Phi) is 3.34. The minimum Gasteiger partial charge on any atom is -0.329 e. The second-order valence-corrected chi connectivity index (χ2v) is 4.10. The number of carbonyl (C=O) groups is 2. The van der Waals surface area contributed by atoms with Gasteiger partial charge in [-0.2, -0.15) is 0 Å². The van der Waals surface area contributed by atoms with Gasteiger partial charge < -0.3 is 9.69 Å². The van der Waals surface area contributed by atoms with Crippen molar-refractivity contribution in [2.75, 3.05) is 0 Å². The van der Waals surface area contributed by atoms with Crippen molar-refractivity contribution in [3.8, 4) is 0 Å². The van der Waals surface area contributed by atoms with Gasteiger partial charge in [0.2, 0.25) is 5.91 Å². The van der Waals surface area contributed by atoms with E-state index < -0.39 is 0 Å². The van der Waals surface area contributed by atoms with E-state index in [4.69, 9.17) is 0 Å². The molecule has 0 spiro atoms. The molecular formula is C13H15NO2. The van der Waals surface area contributed by atoms with E-state index in [1.165, 1.54) is 0 Å². The average molecular weight is 217 g/mol. The van der Waals surface area contributed by atoms with Crippen LogP contribution in [0.1, 0.15) is 24.8 Å². The number of likely N-dealkylation sites (tertiary alicyclic amines) is 1. The number of piperidine rings is 1. The number of aldehydes is 1. The maximum absolute atomic E-state index is 11.7. The van der Waals surface area contributed by atoms with Gasteiger partial charge in [-0.3, -0.25) is 4.79 Å². The van der Waals surface area contributed by atoms with Gasteiger partial charge in [-0.05, 0) is 18.4 Å². The van der Waals surface area contributed by atoms with E-state index in [1.54, 1.807) is 4.90 Å². The molecule has 16 heavy (non-hydrogen) atoms. The molecule has 0 radical (unpaired) electrons. The summed E-state index contributed by atoms with van der Waals surface area (Å²) in [5.41, 5.74) is 1.07. The molecular weight excluding hydrogens is 202 g/mol. The normalized spacial score (nSPS) is 20.9. The molecule has 0 aliphatic carbocycles. The first-order valence-electron chi connectivity index (χ1n) is 5.60. The van der Waals surface area contributed by atoms with Crippen molar-refractivity contribution in [2.24, 2.45) is 0 Å². The molecule has 84 valence electrons. The Bertz CT molecular complexity index is 375. The first-order chi connectivity index (χ1) is 7.81. The Hall–Kier alpha value is -1.64. The van der Waals surface area contributed by atoms with Gasteiger partial charge in [0.05, 0.1) is 6.04 Å². The van der Waals surface area contributed by atoms with E-state index in [2.05, 4.69) is 0 Å². The summed E-state index contributed by atoms with van der Waals surface area (Å²) in [6.07, 6.45) is 3.08. The fourth-order valence-electron chi connectivity index (χ4n) is 2.07. The van der Waals surface area contributed by atoms with E-state index >= 15 is 0 Å². The van der Waals surface area contributed by atoms with Crippen LogP contribution in [-0.2, 0) is 16.1 Å². The monoisotopic (exact) mass is 217 g/mol. The predicted octanol–water partition coefficient (Wildman–Crippen LogP) is 1.77. The highest BCUT2D eigenvalue weighted by Gasteiger charge is 2.27. The summed E-state index contributed by atoms with van der Waals surface area (Å²) < 4.78 is 0. The van der Waals surface area contributed by atoms with Gasteiger partial charge >= 0.3 is 0 Å². The highest BCUT2D eigenvalue weighted by Crippen LogP contribution is 2.19. The van der Waals surface area contributed by atoms with Crippen LogP contribution in [0.3, 0.4) is 0 Å². The third-order valence-corrected chi connectivity index (χ3v) is 2.96. The van der Waals surface area contributed by atoms with Crippen LogP contribution in [0, 0.1) is 0 Å². The van der Waals surface area contributed by atoms with E-state index in [-0.39, 0.29) is 11.9 Å². The maximum atomic E-state index is 11.7. The van der Waals surface area contributed by atoms with E-state index in [0.717, 1.165) is 24.7 Å². The van der Waals surface area contributed by atoms with Crippen molar-refractivity contribution >= 4 is 12.2 Å². The third kappa shape index (κ3) is 2.30. The number of hydrogen-bond acceptors (Lipinski definition) is 2. The van der Waals surface area contributed by atoms with Crippen molar-refractivity contribution < 1.29 is 9.59 Å². The van der Waals surface area contributed by atoms with Crippen LogP contribution in [0.2, 0.25) is 0 Å². The van der Waals surface area contributed by atoms with E-state index in [9.17, 15) is 9.59 Å². The highest BCUT2D eigenvalue weighted by molar-refractivity contribution is 5.81. The first-order valence-corrected chi connectivity index (χ1v) is 5.60. The van der Waals surface area contributed by atoms with Crippen LogP contribution < -0.4 is 0 Å². The van der Waals surface area contributed by atoms with Gasteiger partial charge in [0.15, 0.2) is 0 Å². The zero-order valence-electron chi connectivity index (χ0n) is 9.13. The van der Waals surface area contributed by atoms with Gasteiger partial charge in [0.1, 0.15) is 6.29 Å². The molecule has 0 aromatic heterocycles. The molecule has 0 N–H and O–H groups in total. The molecule has 1 unspecified atom stereocenters. The number of amides is 1. The van der Waals surface area contributed by atoms with Crippen LogP contribution in [-0.4, -0.2) is 23.1 Å². The SMILES string of the molecule is O=CC1CCCC(=O)N1Cc1ccccc1. The van der Waals surface area contributed by atoms with Crippen LogP contribution in [0.4, 0.5) is 0 Å². The fourth-order valence-corrected chi connectivity index (χ4v) is 2.07. The predicted molar refractivity (Wildman–Crippen MR) is 60.7 cm³/mol. The molecule has 1 amide bonds. The van der Waals surface area contributed by atoms with Gasteiger partial charge in [0, 0.05) is 13.0 Å². The van der Waals surface area contributed by atoms with Gasteiger partial charge in [0.25, 0.3) is 0 Å². The van der Waals surface area contributed by atoms with Gasteiger partial charge in [-0.1, -0.05) is 30.3 Å². The lowest BCUT2D eigenvalue weighted by Crippen LogP contribution is -2.43. The minimum atomic E-state index is -0.235. The topological polar surface area (TPSA) is 37.4 Å². The minimum absolute atomic E-state index is 0.0900. The summed E-state index contributed by atoms with van der Waals surface area (Å²) >= 11 is 0. The number of benzene rings is 1. The van der Waals surface area contributed by atoms with Crippen LogP contribution in [0.15, 0.2) is 30.3 Å². The molecule has 1 heterocycles. The maximum Gasteiger partial charge on any atom is 0.223 e. The van der Waals surface area contributed by atoms with Crippen molar-refractivity contribution in [3.05, 3.63) is 35.9 Å². The van der Waals surface area contributed by atoms with Crippen LogP contribution in [0.25, 0.3) is 0 Å². The average Bonchev–Trinajstić information content (AvgIpc) is 2.33. The van der Waals surface area contributed by atoms with Crippen molar-refractivity contribution in [2.45, 2.75) is 31.8 Å². The molecule has 2 rings (SSSR count). The summed E-state index contributed by atoms with van der Waals surface area (Å²) in [6, 6.07) is 9.55.